The fourth-order valence-corrected chi connectivity index (χ4v) is 3.37. The molecule has 28 heavy (non-hydrogen) atoms. The number of hydrogen-bond donors (Lipinski definition) is 2. The van der Waals surface area contributed by atoms with Crippen molar-refractivity contribution in [1.82, 2.24) is 0 Å². The molecule has 1 atom stereocenters. The molecule has 0 saturated carbocycles. The summed E-state index contributed by atoms with van der Waals surface area (Å²) in [5.41, 5.74) is 0.894. The summed E-state index contributed by atoms with van der Waals surface area (Å²) in [5.74, 6) is 9.38. The molecule has 0 aromatic carbocycles. The highest BCUT2D eigenvalue weighted by Gasteiger charge is 2.38. The fraction of sp³-hybridized carbons (Fsp3) is 0.650. The number of ketones is 2. The zero-order chi connectivity index (χ0) is 21.5. The van der Waals surface area contributed by atoms with Gasteiger partial charge in [0.15, 0.2) is 11.6 Å². The standard InChI is InChI=1S/C20H32N2O6/c1-12-13(2)19(25)17(14(3)18(12)24)20(4,5)10-16(23)26-9-7-6-8-15(28-22)11-27-21/h15H,6-11,21-22H2,1-5H3. The lowest BCUT2D eigenvalue weighted by atomic mass is 9.71. The van der Waals surface area contributed by atoms with Crippen molar-refractivity contribution in [1.29, 1.82) is 0 Å². The molecule has 4 N–H and O–H groups in total. The molecule has 0 aliphatic heterocycles. The van der Waals surface area contributed by atoms with Crippen molar-refractivity contribution in [3.05, 3.63) is 22.3 Å². The molecule has 8 nitrogen and oxygen atoms in total. The molecule has 158 valence electrons. The van der Waals surface area contributed by atoms with Crippen LogP contribution in [0.15, 0.2) is 22.3 Å². The highest BCUT2D eigenvalue weighted by atomic mass is 16.7. The summed E-state index contributed by atoms with van der Waals surface area (Å²) in [6.45, 7) is 8.93. The van der Waals surface area contributed by atoms with Gasteiger partial charge in [-0.05, 0) is 40.0 Å². The Bertz CT molecular complexity index is 678. The van der Waals surface area contributed by atoms with Gasteiger partial charge < -0.3 is 9.57 Å². The Labute approximate surface area is 166 Å². The zero-order valence-electron chi connectivity index (χ0n) is 17.4. The van der Waals surface area contributed by atoms with E-state index in [9.17, 15) is 14.4 Å². The molecule has 0 amide bonds. The Morgan fingerprint density at radius 3 is 2.18 bits per heavy atom. The smallest absolute Gasteiger partial charge is 0.306 e. The Morgan fingerprint density at radius 2 is 1.61 bits per heavy atom. The van der Waals surface area contributed by atoms with Crippen molar-refractivity contribution in [2.45, 2.75) is 66.4 Å². The van der Waals surface area contributed by atoms with Gasteiger partial charge in [-0.1, -0.05) is 13.8 Å². The van der Waals surface area contributed by atoms with E-state index in [1.807, 2.05) is 0 Å². The molecule has 1 aliphatic carbocycles. The van der Waals surface area contributed by atoms with Crippen molar-refractivity contribution in [2.75, 3.05) is 13.2 Å². The maximum absolute atomic E-state index is 12.7. The van der Waals surface area contributed by atoms with Gasteiger partial charge in [-0.25, -0.2) is 11.8 Å². The first-order chi connectivity index (χ1) is 13.1. The predicted molar refractivity (Wildman–Crippen MR) is 103 cm³/mol. The van der Waals surface area contributed by atoms with Crippen molar-refractivity contribution in [2.24, 2.45) is 17.2 Å². The van der Waals surface area contributed by atoms with E-state index in [1.54, 1.807) is 34.6 Å². The number of nitrogens with two attached hydrogens (primary N) is 2. The predicted octanol–water partition coefficient (Wildman–Crippen LogP) is 2.07. The first kappa shape index (κ1) is 24.2. The van der Waals surface area contributed by atoms with Crippen molar-refractivity contribution in [3.63, 3.8) is 0 Å². The summed E-state index contributed by atoms with van der Waals surface area (Å²) >= 11 is 0. The van der Waals surface area contributed by atoms with Crippen LogP contribution in [0.4, 0.5) is 0 Å². The summed E-state index contributed by atoms with van der Waals surface area (Å²) in [5, 5.41) is 0. The Kier molecular flexibility index (Phi) is 9.16. The van der Waals surface area contributed by atoms with Gasteiger partial charge in [0, 0.05) is 27.7 Å². The molecular weight excluding hydrogens is 364 g/mol. The summed E-state index contributed by atoms with van der Waals surface area (Å²) in [7, 11) is 0. The van der Waals surface area contributed by atoms with Crippen molar-refractivity contribution in [3.8, 4) is 0 Å². The second-order valence-corrected chi connectivity index (χ2v) is 7.78. The minimum atomic E-state index is -0.799. The number of Topliss-reactive ketones (excluding diaryl/α,β-unsaturated/α-hetero) is 2. The number of carbonyl (C=O) groups excluding carboxylic acids is 3. The summed E-state index contributed by atoms with van der Waals surface area (Å²) < 4.78 is 5.29. The lowest BCUT2D eigenvalue weighted by molar-refractivity contribution is -0.145. The lowest BCUT2D eigenvalue weighted by Gasteiger charge is -2.31. The van der Waals surface area contributed by atoms with E-state index in [1.165, 1.54) is 0 Å². The number of carbonyl (C=O) groups is 3. The van der Waals surface area contributed by atoms with Gasteiger partial charge in [0.25, 0.3) is 0 Å². The van der Waals surface area contributed by atoms with Crippen LogP contribution in [0.3, 0.4) is 0 Å². The van der Waals surface area contributed by atoms with Crippen LogP contribution < -0.4 is 11.8 Å². The molecule has 8 heteroatoms. The third-order valence-corrected chi connectivity index (χ3v) is 5.11. The number of rotatable bonds is 11. The minimum Gasteiger partial charge on any atom is -0.466 e. The number of allylic oxidation sites excluding steroid dienone is 4. The number of esters is 1. The largest absolute Gasteiger partial charge is 0.466 e. The molecule has 1 aliphatic rings. The molecule has 0 aromatic rings. The maximum atomic E-state index is 12.7. The molecule has 0 fully saturated rings. The summed E-state index contributed by atoms with van der Waals surface area (Å²) in [4.78, 5) is 46.5. The van der Waals surface area contributed by atoms with E-state index in [0.29, 0.717) is 35.1 Å². The van der Waals surface area contributed by atoms with Crippen LogP contribution >= 0.6 is 0 Å². The minimum absolute atomic E-state index is 0.0145. The summed E-state index contributed by atoms with van der Waals surface area (Å²) in [6, 6.07) is 0. The molecule has 1 unspecified atom stereocenters. The average molecular weight is 396 g/mol. The fourth-order valence-electron chi connectivity index (χ4n) is 3.37. The molecule has 1 rings (SSSR count). The van der Waals surface area contributed by atoms with Gasteiger partial charge in [0.05, 0.1) is 19.6 Å². The quantitative estimate of drug-likeness (QED) is 0.235. The number of unbranched alkanes of at least 4 members (excludes halogenated alkanes) is 1. The van der Waals surface area contributed by atoms with Gasteiger partial charge in [0.2, 0.25) is 0 Å². The molecule has 0 heterocycles. The van der Waals surface area contributed by atoms with Crippen molar-refractivity contribution < 1.29 is 28.8 Å². The van der Waals surface area contributed by atoms with Crippen LogP contribution in [0.1, 0.15) is 60.3 Å². The number of ether oxygens (including phenoxy) is 1. The second-order valence-electron chi connectivity index (χ2n) is 7.78. The third kappa shape index (κ3) is 6.07. The first-order valence-corrected chi connectivity index (χ1v) is 9.37. The average Bonchev–Trinajstić information content (AvgIpc) is 2.63. The van der Waals surface area contributed by atoms with Crippen LogP contribution in [0.5, 0.6) is 0 Å². The van der Waals surface area contributed by atoms with Crippen LogP contribution in [-0.2, 0) is 28.8 Å². The first-order valence-electron chi connectivity index (χ1n) is 9.37. The van der Waals surface area contributed by atoms with Gasteiger partial charge in [-0.3, -0.25) is 19.2 Å². The monoisotopic (exact) mass is 396 g/mol. The molecular formula is C20H32N2O6. The number of hydrogen-bond acceptors (Lipinski definition) is 8. The van der Waals surface area contributed by atoms with Crippen LogP contribution in [0.2, 0.25) is 0 Å². The third-order valence-electron chi connectivity index (χ3n) is 5.11. The Morgan fingerprint density at radius 1 is 1.00 bits per heavy atom. The van der Waals surface area contributed by atoms with Gasteiger partial charge in [-0.15, -0.1) is 0 Å². The lowest BCUT2D eigenvalue weighted by Crippen LogP contribution is -2.32. The molecule has 0 spiro atoms. The van der Waals surface area contributed by atoms with Gasteiger partial charge in [0.1, 0.15) is 6.10 Å². The molecule has 0 aromatic heterocycles. The van der Waals surface area contributed by atoms with Gasteiger partial charge in [-0.2, -0.15) is 0 Å². The maximum Gasteiger partial charge on any atom is 0.306 e. The Balaban J connectivity index is 2.59. The van der Waals surface area contributed by atoms with E-state index in [2.05, 4.69) is 4.84 Å². The van der Waals surface area contributed by atoms with E-state index < -0.39 is 11.4 Å². The molecule has 0 radical (unpaired) electrons. The van der Waals surface area contributed by atoms with Crippen LogP contribution in [-0.4, -0.2) is 36.9 Å². The SMILES string of the molecule is CC1=C(C)C(=O)C(C(C)(C)CC(=O)OCCCCC(CON)ON)=C(C)C1=O. The molecule has 0 bridgehead atoms. The van der Waals surface area contributed by atoms with E-state index in [-0.39, 0.29) is 37.3 Å². The van der Waals surface area contributed by atoms with E-state index in [0.717, 1.165) is 6.42 Å². The van der Waals surface area contributed by atoms with Crippen LogP contribution in [0.25, 0.3) is 0 Å². The Hall–Kier alpha value is -1.87. The normalized spacial score (nSPS) is 16.7. The second kappa shape index (κ2) is 10.6. The summed E-state index contributed by atoms with van der Waals surface area (Å²) in [6.07, 6.45) is 1.70. The van der Waals surface area contributed by atoms with Crippen LogP contribution in [0, 0.1) is 5.41 Å². The zero-order valence-corrected chi connectivity index (χ0v) is 17.4. The molecule has 0 saturated heterocycles. The van der Waals surface area contributed by atoms with E-state index in [4.69, 9.17) is 21.4 Å². The highest BCUT2D eigenvalue weighted by molar-refractivity contribution is 6.25. The topological polar surface area (TPSA) is 131 Å². The van der Waals surface area contributed by atoms with Gasteiger partial charge >= 0.3 is 5.97 Å². The highest BCUT2D eigenvalue weighted by Crippen LogP contribution is 2.38. The van der Waals surface area contributed by atoms with E-state index >= 15 is 0 Å². The van der Waals surface area contributed by atoms with Crippen molar-refractivity contribution >= 4 is 17.5 Å².